The van der Waals surface area contributed by atoms with E-state index in [0.29, 0.717) is 19.8 Å². The molecule has 0 spiro atoms. The predicted molar refractivity (Wildman–Crippen MR) is 96.4 cm³/mol. The number of ether oxygens (including phenoxy) is 3. The maximum Gasteiger partial charge on any atom is 0.412 e. The molecule has 0 saturated heterocycles. The Bertz CT molecular complexity index is 643. The molecule has 0 radical (unpaired) electrons. The molecule has 0 aliphatic rings. The van der Waals surface area contributed by atoms with Crippen LogP contribution in [0, 0.1) is 0 Å². The van der Waals surface area contributed by atoms with Gasteiger partial charge in [-0.2, -0.15) is 0 Å². The highest BCUT2D eigenvalue weighted by Gasteiger charge is 2.27. The van der Waals surface area contributed by atoms with Gasteiger partial charge in [0.25, 0.3) is 0 Å². The fourth-order valence-corrected chi connectivity index (χ4v) is 2.52. The molecule has 5 heteroatoms. The molecular weight excluding hydrogens is 318 g/mol. The van der Waals surface area contributed by atoms with Crippen LogP contribution in [0.2, 0.25) is 0 Å². The lowest BCUT2D eigenvalue weighted by Gasteiger charge is -2.31. The molecular formula is C20H25NO4. The van der Waals surface area contributed by atoms with Gasteiger partial charge >= 0.3 is 6.09 Å². The topological polar surface area (TPSA) is 48.0 Å². The lowest BCUT2D eigenvalue weighted by Crippen LogP contribution is -2.36. The van der Waals surface area contributed by atoms with Crippen molar-refractivity contribution in [1.29, 1.82) is 0 Å². The lowest BCUT2D eigenvalue weighted by atomic mass is 10.1. The van der Waals surface area contributed by atoms with E-state index >= 15 is 0 Å². The van der Waals surface area contributed by atoms with Crippen LogP contribution in [0.15, 0.2) is 54.6 Å². The number of methoxy groups -OCH3 is 1. The maximum atomic E-state index is 12.6. The quantitative estimate of drug-likeness (QED) is 0.667. The summed E-state index contributed by atoms with van der Waals surface area (Å²) < 4.78 is 16.3. The van der Waals surface area contributed by atoms with Crippen molar-refractivity contribution in [1.82, 2.24) is 4.90 Å². The van der Waals surface area contributed by atoms with Crippen LogP contribution < -0.4 is 4.74 Å². The molecule has 0 bridgehead atoms. The number of rotatable bonds is 8. The summed E-state index contributed by atoms with van der Waals surface area (Å²) in [6.07, 6.45) is -0.934. The zero-order chi connectivity index (χ0) is 18.1. The van der Waals surface area contributed by atoms with E-state index in [1.807, 2.05) is 61.5 Å². The number of hydrogen-bond acceptors (Lipinski definition) is 4. The fraction of sp³-hybridized carbons (Fsp3) is 0.350. The number of hydrogen-bond donors (Lipinski definition) is 0. The Hall–Kier alpha value is -2.53. The number of carbonyl (C=O) groups excluding carboxylic acids is 1. The van der Waals surface area contributed by atoms with E-state index < -0.39 is 12.3 Å². The largest absolute Gasteiger partial charge is 0.497 e. The van der Waals surface area contributed by atoms with Crippen LogP contribution in [-0.2, 0) is 16.0 Å². The van der Waals surface area contributed by atoms with Gasteiger partial charge in [0.15, 0.2) is 6.23 Å². The van der Waals surface area contributed by atoms with Gasteiger partial charge in [0, 0.05) is 12.2 Å². The Morgan fingerprint density at radius 2 is 1.68 bits per heavy atom. The van der Waals surface area contributed by atoms with E-state index in [0.717, 1.165) is 16.9 Å². The summed E-state index contributed by atoms with van der Waals surface area (Å²) >= 11 is 0. The van der Waals surface area contributed by atoms with Crippen LogP contribution in [-0.4, -0.2) is 31.3 Å². The van der Waals surface area contributed by atoms with Gasteiger partial charge in [-0.15, -0.1) is 0 Å². The van der Waals surface area contributed by atoms with Crippen molar-refractivity contribution < 1.29 is 19.0 Å². The summed E-state index contributed by atoms with van der Waals surface area (Å²) in [4.78, 5) is 14.2. The molecule has 2 aromatic rings. The number of benzene rings is 2. The summed E-state index contributed by atoms with van der Waals surface area (Å²) in [5.41, 5.74) is 1.88. The molecule has 0 aliphatic heterocycles. The van der Waals surface area contributed by atoms with Crippen LogP contribution in [0.1, 0.15) is 31.2 Å². The van der Waals surface area contributed by atoms with Crippen molar-refractivity contribution in [3.05, 3.63) is 65.7 Å². The number of amides is 1. The maximum absolute atomic E-state index is 12.6. The standard InChI is InChI=1S/C20H25NO4/c1-4-24-19(17-11-13-18(23-3)14-12-17)21(20(22)25-5-2)15-16-9-7-6-8-10-16/h6-14,19H,4-5,15H2,1-3H3. The molecule has 25 heavy (non-hydrogen) atoms. The molecule has 0 aliphatic carbocycles. The van der Waals surface area contributed by atoms with E-state index in [-0.39, 0.29) is 0 Å². The van der Waals surface area contributed by atoms with Gasteiger partial charge in [0.1, 0.15) is 5.75 Å². The minimum atomic E-state index is -0.532. The normalized spacial score (nSPS) is 11.6. The SMILES string of the molecule is CCOC(=O)N(Cc1ccccc1)C(OCC)c1ccc(OC)cc1. The summed E-state index contributed by atoms with van der Waals surface area (Å²) in [5.74, 6) is 0.754. The third-order valence-corrected chi connectivity index (χ3v) is 3.71. The minimum Gasteiger partial charge on any atom is -0.497 e. The van der Waals surface area contributed by atoms with Crippen molar-refractivity contribution >= 4 is 6.09 Å². The lowest BCUT2D eigenvalue weighted by molar-refractivity contribution is -0.0550. The Labute approximate surface area is 149 Å². The van der Waals surface area contributed by atoms with E-state index in [1.165, 1.54) is 0 Å². The molecule has 0 aromatic heterocycles. The zero-order valence-corrected chi connectivity index (χ0v) is 15.0. The van der Waals surface area contributed by atoms with E-state index in [9.17, 15) is 4.79 Å². The highest BCUT2D eigenvalue weighted by molar-refractivity contribution is 5.68. The summed E-state index contributed by atoms with van der Waals surface area (Å²) in [7, 11) is 1.62. The Kier molecular flexibility index (Phi) is 7.29. The van der Waals surface area contributed by atoms with E-state index in [1.54, 1.807) is 18.9 Å². The van der Waals surface area contributed by atoms with Crippen molar-refractivity contribution in [3.63, 3.8) is 0 Å². The molecule has 0 N–H and O–H groups in total. The van der Waals surface area contributed by atoms with Gasteiger partial charge in [-0.1, -0.05) is 42.5 Å². The second-order valence-electron chi connectivity index (χ2n) is 5.39. The molecule has 5 nitrogen and oxygen atoms in total. The first-order chi connectivity index (χ1) is 12.2. The van der Waals surface area contributed by atoms with Gasteiger partial charge in [-0.05, 0) is 31.5 Å². The molecule has 2 aromatic carbocycles. The van der Waals surface area contributed by atoms with Crippen LogP contribution in [0.25, 0.3) is 0 Å². The first-order valence-corrected chi connectivity index (χ1v) is 8.42. The van der Waals surface area contributed by atoms with Crippen molar-refractivity contribution in [2.45, 2.75) is 26.6 Å². The first kappa shape index (κ1) is 18.8. The smallest absolute Gasteiger partial charge is 0.412 e. The zero-order valence-electron chi connectivity index (χ0n) is 15.0. The summed E-state index contributed by atoms with van der Waals surface area (Å²) in [6.45, 7) is 4.88. The van der Waals surface area contributed by atoms with Gasteiger partial charge in [-0.3, -0.25) is 4.90 Å². The average molecular weight is 343 g/mol. The highest BCUT2D eigenvalue weighted by atomic mass is 16.6. The summed E-state index contributed by atoms with van der Waals surface area (Å²) in [5, 5.41) is 0. The molecule has 0 heterocycles. The van der Waals surface area contributed by atoms with Crippen LogP contribution in [0.4, 0.5) is 4.79 Å². The predicted octanol–water partition coefficient (Wildman–Crippen LogP) is 4.39. The molecule has 1 atom stereocenters. The van der Waals surface area contributed by atoms with Crippen LogP contribution in [0.5, 0.6) is 5.75 Å². The van der Waals surface area contributed by atoms with Gasteiger partial charge < -0.3 is 14.2 Å². The first-order valence-electron chi connectivity index (χ1n) is 8.42. The van der Waals surface area contributed by atoms with Crippen molar-refractivity contribution in [3.8, 4) is 5.75 Å². The van der Waals surface area contributed by atoms with Crippen LogP contribution >= 0.6 is 0 Å². The van der Waals surface area contributed by atoms with Gasteiger partial charge in [0.2, 0.25) is 0 Å². The molecule has 2 rings (SSSR count). The molecule has 134 valence electrons. The summed E-state index contributed by atoms with van der Waals surface area (Å²) in [6, 6.07) is 17.3. The van der Waals surface area contributed by atoms with Crippen LogP contribution in [0.3, 0.4) is 0 Å². The second kappa shape index (κ2) is 9.69. The Morgan fingerprint density at radius 1 is 1.00 bits per heavy atom. The Balaban J connectivity index is 2.32. The van der Waals surface area contributed by atoms with Crippen molar-refractivity contribution in [2.24, 2.45) is 0 Å². The third kappa shape index (κ3) is 5.22. The van der Waals surface area contributed by atoms with Crippen molar-refractivity contribution in [2.75, 3.05) is 20.3 Å². The van der Waals surface area contributed by atoms with E-state index in [4.69, 9.17) is 14.2 Å². The van der Waals surface area contributed by atoms with E-state index in [2.05, 4.69) is 0 Å². The minimum absolute atomic E-state index is 0.311. The fourth-order valence-electron chi connectivity index (χ4n) is 2.52. The second-order valence-corrected chi connectivity index (χ2v) is 5.39. The highest BCUT2D eigenvalue weighted by Crippen LogP contribution is 2.27. The molecule has 0 fully saturated rings. The average Bonchev–Trinajstić information content (AvgIpc) is 2.66. The Morgan fingerprint density at radius 3 is 2.24 bits per heavy atom. The molecule has 0 saturated carbocycles. The van der Waals surface area contributed by atoms with Gasteiger partial charge in [-0.25, -0.2) is 4.79 Å². The molecule has 1 unspecified atom stereocenters. The number of nitrogens with zero attached hydrogens (tertiary/aromatic N) is 1. The monoisotopic (exact) mass is 343 g/mol. The third-order valence-electron chi connectivity index (χ3n) is 3.71. The number of carbonyl (C=O) groups is 1. The molecule has 1 amide bonds. The van der Waals surface area contributed by atoms with Gasteiger partial charge in [0.05, 0.1) is 20.3 Å².